The summed E-state index contributed by atoms with van der Waals surface area (Å²) in [6.07, 6.45) is -0.769. The third-order valence-corrected chi connectivity index (χ3v) is 4.28. The molecule has 8 heteroatoms. The fraction of sp³-hybridized carbons (Fsp3) is 0.308. The normalized spacial score (nSPS) is 21.7. The summed E-state index contributed by atoms with van der Waals surface area (Å²) in [5, 5.41) is 21.6. The van der Waals surface area contributed by atoms with Gasteiger partial charge in [0.05, 0.1) is 16.3 Å². The van der Waals surface area contributed by atoms with Crippen molar-refractivity contribution in [2.75, 3.05) is 11.9 Å². The summed E-state index contributed by atoms with van der Waals surface area (Å²) in [6, 6.07) is 5.89. The molecule has 2 heterocycles. The number of anilines is 1. The second-order valence-electron chi connectivity index (χ2n) is 4.81. The molecule has 2 amide bonds. The number of hydrogen-bond donors (Lipinski definition) is 3. The highest BCUT2D eigenvalue weighted by molar-refractivity contribution is 7.22. The third-order valence-electron chi connectivity index (χ3n) is 3.33. The van der Waals surface area contributed by atoms with E-state index in [2.05, 4.69) is 10.3 Å². The lowest BCUT2D eigenvalue weighted by atomic mass is 10.2. The van der Waals surface area contributed by atoms with E-state index in [9.17, 15) is 14.7 Å². The number of amides is 2. The Hall–Kier alpha value is -2.19. The second kappa shape index (κ2) is 5.30. The molecule has 0 aliphatic carbocycles. The van der Waals surface area contributed by atoms with Crippen molar-refractivity contribution >= 4 is 38.7 Å². The predicted octanol–water partition coefficient (Wildman–Crippen LogP) is 1.35. The van der Waals surface area contributed by atoms with Gasteiger partial charge < -0.3 is 15.1 Å². The second-order valence-corrected chi connectivity index (χ2v) is 5.84. The molecule has 2 unspecified atom stereocenters. The number of carbonyl (C=O) groups is 2. The third kappa shape index (κ3) is 2.67. The number of nitrogens with one attached hydrogen (secondary N) is 1. The van der Waals surface area contributed by atoms with Crippen LogP contribution < -0.4 is 5.32 Å². The van der Waals surface area contributed by atoms with Crippen LogP contribution in [0.1, 0.15) is 6.42 Å². The molecule has 21 heavy (non-hydrogen) atoms. The first-order valence-corrected chi connectivity index (χ1v) is 7.20. The fourth-order valence-electron chi connectivity index (χ4n) is 2.36. The SMILES string of the molecule is O=C(O)C1CC(O)CN1C(=O)Nc1nc2ccccc2s1. The van der Waals surface area contributed by atoms with Gasteiger partial charge in [-0.3, -0.25) is 5.32 Å². The molecule has 1 fully saturated rings. The van der Waals surface area contributed by atoms with Gasteiger partial charge in [0, 0.05) is 13.0 Å². The molecule has 110 valence electrons. The molecular weight excluding hydrogens is 294 g/mol. The number of fused-ring (bicyclic) bond motifs is 1. The monoisotopic (exact) mass is 307 g/mol. The Morgan fingerprint density at radius 1 is 1.38 bits per heavy atom. The zero-order chi connectivity index (χ0) is 15.0. The van der Waals surface area contributed by atoms with Crippen molar-refractivity contribution in [3.05, 3.63) is 24.3 Å². The van der Waals surface area contributed by atoms with Crippen molar-refractivity contribution in [2.45, 2.75) is 18.6 Å². The number of aromatic nitrogens is 1. The van der Waals surface area contributed by atoms with E-state index in [-0.39, 0.29) is 13.0 Å². The number of thiazole rings is 1. The molecule has 1 saturated heterocycles. The first-order chi connectivity index (χ1) is 10.0. The van der Waals surface area contributed by atoms with Crippen LogP contribution in [0.3, 0.4) is 0 Å². The van der Waals surface area contributed by atoms with Gasteiger partial charge >= 0.3 is 12.0 Å². The molecule has 0 radical (unpaired) electrons. The highest BCUT2D eigenvalue weighted by atomic mass is 32.1. The van der Waals surface area contributed by atoms with Crippen molar-refractivity contribution in [2.24, 2.45) is 0 Å². The Kier molecular flexibility index (Phi) is 3.48. The van der Waals surface area contributed by atoms with Gasteiger partial charge in [0.1, 0.15) is 6.04 Å². The molecule has 7 nitrogen and oxygen atoms in total. The molecular formula is C13H13N3O4S. The molecule has 3 rings (SSSR count). The Bertz CT molecular complexity index is 669. The van der Waals surface area contributed by atoms with Gasteiger partial charge in [-0.15, -0.1) is 0 Å². The van der Waals surface area contributed by atoms with E-state index in [0.717, 1.165) is 15.1 Å². The number of carbonyl (C=O) groups excluding carboxylic acids is 1. The number of likely N-dealkylation sites (tertiary alicyclic amines) is 1. The van der Waals surface area contributed by atoms with Crippen LogP contribution in [0.15, 0.2) is 24.3 Å². The Morgan fingerprint density at radius 3 is 2.86 bits per heavy atom. The van der Waals surface area contributed by atoms with Crippen LogP contribution in [0.2, 0.25) is 0 Å². The molecule has 2 atom stereocenters. The van der Waals surface area contributed by atoms with Crippen LogP contribution >= 0.6 is 11.3 Å². The highest BCUT2D eigenvalue weighted by Crippen LogP contribution is 2.26. The van der Waals surface area contributed by atoms with Gasteiger partial charge in [-0.2, -0.15) is 0 Å². The van der Waals surface area contributed by atoms with E-state index in [4.69, 9.17) is 5.11 Å². The summed E-state index contributed by atoms with van der Waals surface area (Å²) in [5.74, 6) is -1.12. The van der Waals surface area contributed by atoms with Crippen molar-refractivity contribution < 1.29 is 19.8 Å². The number of aliphatic hydroxyl groups is 1. The number of carboxylic acids is 1. The molecule has 0 saturated carbocycles. The number of β-amino-alcohol motifs (C(OH)–C–C–N with tert-alkyl or cyclic N) is 1. The average Bonchev–Trinajstić information content (AvgIpc) is 3.01. The Morgan fingerprint density at radius 2 is 2.14 bits per heavy atom. The van der Waals surface area contributed by atoms with Crippen LogP contribution in [-0.4, -0.2) is 50.8 Å². The van der Waals surface area contributed by atoms with Crippen molar-refractivity contribution in [1.82, 2.24) is 9.88 Å². The summed E-state index contributed by atoms with van der Waals surface area (Å²) in [7, 11) is 0. The number of hydrogen-bond acceptors (Lipinski definition) is 5. The average molecular weight is 307 g/mol. The van der Waals surface area contributed by atoms with E-state index < -0.39 is 24.1 Å². The molecule has 3 N–H and O–H groups in total. The topological polar surface area (TPSA) is 103 Å². The number of rotatable bonds is 2. The highest BCUT2D eigenvalue weighted by Gasteiger charge is 2.39. The standard InChI is InChI=1S/C13H13N3O4S/c17-7-5-9(11(18)19)16(6-7)13(20)15-12-14-8-3-1-2-4-10(8)21-12/h1-4,7,9,17H,5-6H2,(H,18,19)(H,14,15,20). The zero-order valence-corrected chi connectivity index (χ0v) is 11.7. The van der Waals surface area contributed by atoms with Crippen molar-refractivity contribution in [3.63, 3.8) is 0 Å². The van der Waals surface area contributed by atoms with Crippen LogP contribution in [-0.2, 0) is 4.79 Å². The van der Waals surface area contributed by atoms with Crippen LogP contribution in [0, 0.1) is 0 Å². The maximum atomic E-state index is 12.2. The molecule has 2 aromatic rings. The van der Waals surface area contributed by atoms with Crippen molar-refractivity contribution in [1.29, 1.82) is 0 Å². The molecule has 0 spiro atoms. The summed E-state index contributed by atoms with van der Waals surface area (Å²) >= 11 is 1.32. The number of para-hydroxylation sites is 1. The van der Waals surface area contributed by atoms with Crippen molar-refractivity contribution in [3.8, 4) is 0 Å². The fourth-order valence-corrected chi connectivity index (χ4v) is 3.22. The van der Waals surface area contributed by atoms with Crippen LogP contribution in [0.25, 0.3) is 10.2 Å². The minimum absolute atomic E-state index is 0.00763. The largest absolute Gasteiger partial charge is 0.480 e. The quantitative estimate of drug-likeness (QED) is 0.777. The first-order valence-electron chi connectivity index (χ1n) is 6.38. The summed E-state index contributed by atoms with van der Waals surface area (Å²) in [4.78, 5) is 28.7. The van der Waals surface area contributed by atoms with E-state index in [1.807, 2.05) is 24.3 Å². The van der Waals surface area contributed by atoms with E-state index >= 15 is 0 Å². The predicted molar refractivity (Wildman–Crippen MR) is 77.4 cm³/mol. The Labute approximate surface area is 123 Å². The zero-order valence-electron chi connectivity index (χ0n) is 10.9. The minimum atomic E-state index is -1.12. The minimum Gasteiger partial charge on any atom is -0.480 e. The summed E-state index contributed by atoms with van der Waals surface area (Å²) in [6.45, 7) is 0.00763. The first kappa shape index (κ1) is 13.8. The molecule has 1 aromatic carbocycles. The molecule has 1 aromatic heterocycles. The van der Waals surface area contributed by atoms with Gasteiger partial charge in [-0.25, -0.2) is 14.6 Å². The lowest BCUT2D eigenvalue weighted by Gasteiger charge is -2.20. The summed E-state index contributed by atoms with van der Waals surface area (Å²) in [5.41, 5.74) is 0.772. The maximum Gasteiger partial charge on any atom is 0.326 e. The number of benzene rings is 1. The number of aliphatic hydroxyl groups excluding tert-OH is 1. The maximum absolute atomic E-state index is 12.2. The molecule has 1 aliphatic rings. The van der Waals surface area contributed by atoms with Gasteiger partial charge in [0.2, 0.25) is 0 Å². The van der Waals surface area contributed by atoms with E-state index in [1.54, 1.807) is 0 Å². The van der Waals surface area contributed by atoms with Gasteiger partial charge in [-0.05, 0) is 12.1 Å². The van der Waals surface area contributed by atoms with Gasteiger partial charge in [0.15, 0.2) is 5.13 Å². The molecule has 0 bridgehead atoms. The number of aliphatic carboxylic acids is 1. The Balaban J connectivity index is 1.77. The number of urea groups is 1. The van der Waals surface area contributed by atoms with Gasteiger partial charge in [-0.1, -0.05) is 23.5 Å². The number of carboxylic acid groups (broad SMARTS) is 1. The van der Waals surface area contributed by atoms with Gasteiger partial charge in [0.25, 0.3) is 0 Å². The lowest BCUT2D eigenvalue weighted by molar-refractivity contribution is -0.141. The molecule has 1 aliphatic heterocycles. The number of nitrogens with zero attached hydrogens (tertiary/aromatic N) is 2. The smallest absolute Gasteiger partial charge is 0.326 e. The van der Waals surface area contributed by atoms with E-state index in [1.165, 1.54) is 11.3 Å². The van der Waals surface area contributed by atoms with Crippen LogP contribution in [0.4, 0.5) is 9.93 Å². The summed E-state index contributed by atoms with van der Waals surface area (Å²) < 4.78 is 0.934. The van der Waals surface area contributed by atoms with Crippen LogP contribution in [0.5, 0.6) is 0 Å². The lowest BCUT2D eigenvalue weighted by Crippen LogP contribution is -2.43. The van der Waals surface area contributed by atoms with E-state index in [0.29, 0.717) is 5.13 Å².